The Morgan fingerprint density at radius 2 is 2.06 bits per heavy atom. The maximum Gasteiger partial charge on any atom is 0.358 e. The first kappa shape index (κ1) is 22.9. The van der Waals surface area contributed by atoms with Crippen molar-refractivity contribution in [3.05, 3.63) is 69.3 Å². The van der Waals surface area contributed by atoms with Crippen LogP contribution in [0.1, 0.15) is 15.4 Å². The molecule has 0 aliphatic carbocycles. The number of anilines is 1. The Labute approximate surface area is 200 Å². The van der Waals surface area contributed by atoms with Gasteiger partial charge in [0, 0.05) is 15.8 Å². The van der Waals surface area contributed by atoms with Crippen molar-refractivity contribution in [2.75, 3.05) is 17.7 Å². The first-order valence-electron chi connectivity index (χ1n) is 9.71. The number of carbonyl (C=O) groups is 2. The number of carbonyl (C=O) groups excluding carboxylic acids is 2. The number of thiophene rings is 1. The number of nitrogens with one attached hydrogen (secondary N) is 2. The van der Waals surface area contributed by atoms with Gasteiger partial charge in [-0.1, -0.05) is 54.7 Å². The van der Waals surface area contributed by atoms with E-state index >= 15 is 0 Å². The molecule has 2 N–H and O–H groups in total. The predicted octanol–water partition coefficient (Wildman–Crippen LogP) is 4.49. The van der Waals surface area contributed by atoms with E-state index in [1.807, 2.05) is 35.7 Å². The molecule has 0 radical (unpaired) electrons. The van der Waals surface area contributed by atoms with Crippen LogP contribution in [-0.2, 0) is 9.53 Å². The molecule has 0 atom stereocenters. The highest BCUT2D eigenvalue weighted by atomic mass is 32.2. The number of thiazole rings is 1. The molecule has 4 aromatic rings. The van der Waals surface area contributed by atoms with Crippen molar-refractivity contribution in [1.82, 2.24) is 15.0 Å². The predicted molar refractivity (Wildman–Crippen MR) is 132 cm³/mol. The van der Waals surface area contributed by atoms with Crippen LogP contribution in [0.5, 0.6) is 0 Å². The number of hydrogen-bond acceptors (Lipinski definition) is 9. The first-order valence-corrected chi connectivity index (χ1v) is 12.4. The zero-order valence-electron chi connectivity index (χ0n) is 17.4. The number of amides is 1. The third-order valence-electron chi connectivity index (χ3n) is 4.42. The number of esters is 1. The summed E-state index contributed by atoms with van der Waals surface area (Å²) in [6.45, 7) is 5.30. The number of rotatable bonds is 8. The Balaban J connectivity index is 1.43. The van der Waals surface area contributed by atoms with Gasteiger partial charge in [0.25, 0.3) is 5.56 Å². The molecule has 0 saturated heterocycles. The average Bonchev–Trinajstić information content (AvgIpc) is 3.40. The van der Waals surface area contributed by atoms with E-state index in [1.165, 1.54) is 28.7 Å². The van der Waals surface area contributed by atoms with Gasteiger partial charge in [-0.2, -0.15) is 0 Å². The van der Waals surface area contributed by atoms with Crippen LogP contribution in [-0.4, -0.2) is 39.2 Å². The molecular weight excluding hydrogens is 480 g/mol. The molecule has 3 heterocycles. The van der Waals surface area contributed by atoms with E-state index in [0.717, 1.165) is 22.9 Å². The maximum absolute atomic E-state index is 12.7. The second-order valence-electron chi connectivity index (χ2n) is 6.71. The number of H-pyrrole nitrogens is 1. The Bertz CT molecular complexity index is 1390. The lowest BCUT2D eigenvalue weighted by atomic mass is 10.1. The lowest BCUT2D eigenvalue weighted by Crippen LogP contribution is -2.15. The van der Waals surface area contributed by atoms with Crippen LogP contribution < -0.4 is 10.9 Å². The Hall–Kier alpha value is -3.28. The minimum absolute atomic E-state index is 0.0141. The quantitative estimate of drug-likeness (QED) is 0.159. The van der Waals surface area contributed by atoms with E-state index in [9.17, 15) is 14.4 Å². The Morgan fingerprint density at radius 1 is 1.27 bits per heavy atom. The average molecular weight is 499 g/mol. The van der Waals surface area contributed by atoms with Crippen molar-refractivity contribution in [3.8, 4) is 11.1 Å². The number of benzene rings is 1. The normalized spacial score (nSPS) is 10.8. The molecule has 4 rings (SSSR count). The van der Waals surface area contributed by atoms with Crippen molar-refractivity contribution in [3.63, 3.8) is 0 Å². The molecule has 0 fully saturated rings. The summed E-state index contributed by atoms with van der Waals surface area (Å²) >= 11 is 3.68. The lowest BCUT2D eigenvalue weighted by molar-refractivity contribution is -0.113. The van der Waals surface area contributed by atoms with Gasteiger partial charge in [0.05, 0.1) is 11.1 Å². The Morgan fingerprint density at radius 3 is 2.82 bits per heavy atom. The number of aryl methyl sites for hydroxylation is 1. The standard InChI is InChI=1S/C22H18N4O4S3/c1-3-9-30-20(29)17-12(2)33-22(24-17)23-15(27)11-32-21-25-18(28)16-14(10-31-19(16)26-21)13-7-5-4-6-8-13/h3-8,10H,1,9,11H2,2H3,(H,23,24,27)(H,25,26,28). The van der Waals surface area contributed by atoms with E-state index < -0.39 is 5.97 Å². The van der Waals surface area contributed by atoms with Gasteiger partial charge >= 0.3 is 5.97 Å². The maximum atomic E-state index is 12.7. The summed E-state index contributed by atoms with van der Waals surface area (Å²) in [6, 6.07) is 9.64. The smallest absolute Gasteiger partial charge is 0.358 e. The SMILES string of the molecule is C=CCOC(=O)c1nc(NC(=O)CSc2nc3scc(-c4ccccc4)c3c(=O)[nH]2)sc1C. The number of hydrogen-bond donors (Lipinski definition) is 2. The molecule has 0 unspecified atom stereocenters. The second kappa shape index (κ2) is 10.1. The molecule has 0 spiro atoms. The monoisotopic (exact) mass is 498 g/mol. The summed E-state index contributed by atoms with van der Waals surface area (Å²) in [5.41, 5.74) is 1.69. The summed E-state index contributed by atoms with van der Waals surface area (Å²) in [5, 5.41) is 5.76. The summed E-state index contributed by atoms with van der Waals surface area (Å²) in [6.07, 6.45) is 1.47. The van der Waals surface area contributed by atoms with Crippen molar-refractivity contribution in [2.45, 2.75) is 12.1 Å². The fourth-order valence-electron chi connectivity index (χ4n) is 2.96. The number of nitrogens with zero attached hydrogens (tertiary/aromatic N) is 2. The third-order valence-corrected chi connectivity index (χ3v) is 7.05. The molecule has 0 aliphatic rings. The molecule has 0 aliphatic heterocycles. The molecule has 168 valence electrons. The largest absolute Gasteiger partial charge is 0.457 e. The van der Waals surface area contributed by atoms with Gasteiger partial charge in [-0.05, 0) is 12.5 Å². The highest BCUT2D eigenvalue weighted by molar-refractivity contribution is 7.99. The van der Waals surface area contributed by atoms with E-state index in [2.05, 4.69) is 26.8 Å². The van der Waals surface area contributed by atoms with Crippen LogP contribution in [0.3, 0.4) is 0 Å². The van der Waals surface area contributed by atoms with Crippen LogP contribution in [0.4, 0.5) is 5.13 Å². The minimum Gasteiger partial charge on any atom is -0.457 e. The van der Waals surface area contributed by atoms with Gasteiger partial charge in [-0.25, -0.2) is 14.8 Å². The molecular formula is C22H18N4O4S3. The van der Waals surface area contributed by atoms with Crippen molar-refractivity contribution in [2.24, 2.45) is 0 Å². The van der Waals surface area contributed by atoms with Crippen molar-refractivity contribution in [1.29, 1.82) is 0 Å². The van der Waals surface area contributed by atoms with Gasteiger partial charge in [0.1, 0.15) is 11.4 Å². The van der Waals surface area contributed by atoms with Gasteiger partial charge in [-0.3, -0.25) is 9.59 Å². The van der Waals surface area contributed by atoms with Crippen molar-refractivity contribution >= 4 is 61.7 Å². The topological polar surface area (TPSA) is 114 Å². The Kier molecular flexibility index (Phi) is 7.02. The van der Waals surface area contributed by atoms with E-state index in [1.54, 1.807) is 6.92 Å². The minimum atomic E-state index is -0.570. The van der Waals surface area contributed by atoms with Crippen molar-refractivity contribution < 1.29 is 14.3 Å². The second-order valence-corrected chi connectivity index (χ2v) is 9.74. The van der Waals surface area contributed by atoms with E-state index in [0.29, 0.717) is 25.4 Å². The number of ether oxygens (including phenoxy) is 1. The summed E-state index contributed by atoms with van der Waals surface area (Å²) in [5.74, 6) is -0.890. The van der Waals surface area contributed by atoms with Gasteiger partial charge in [-0.15, -0.1) is 22.7 Å². The molecule has 33 heavy (non-hydrogen) atoms. The fourth-order valence-corrected chi connectivity index (χ4v) is 5.44. The van der Waals surface area contributed by atoms with E-state index in [4.69, 9.17) is 4.74 Å². The van der Waals surface area contributed by atoms with E-state index in [-0.39, 0.29) is 29.5 Å². The number of aromatic amines is 1. The summed E-state index contributed by atoms with van der Waals surface area (Å²) in [4.78, 5) is 49.7. The van der Waals surface area contributed by atoms with Crippen LogP contribution in [0.15, 0.2) is 58.3 Å². The van der Waals surface area contributed by atoms with Gasteiger partial charge < -0.3 is 15.0 Å². The number of fused-ring (bicyclic) bond motifs is 1. The highest BCUT2D eigenvalue weighted by Gasteiger charge is 2.18. The zero-order valence-corrected chi connectivity index (χ0v) is 19.9. The van der Waals surface area contributed by atoms with Crippen LogP contribution >= 0.6 is 34.4 Å². The fraction of sp³-hybridized carbons (Fsp3) is 0.136. The number of thioether (sulfide) groups is 1. The molecule has 1 aromatic carbocycles. The number of aromatic nitrogens is 3. The lowest BCUT2D eigenvalue weighted by Gasteiger charge is -2.03. The molecule has 0 saturated carbocycles. The van der Waals surface area contributed by atoms with Crippen LogP contribution in [0.2, 0.25) is 0 Å². The molecule has 1 amide bonds. The zero-order chi connectivity index (χ0) is 23.4. The molecule has 8 nitrogen and oxygen atoms in total. The first-order chi connectivity index (χ1) is 16.0. The summed E-state index contributed by atoms with van der Waals surface area (Å²) in [7, 11) is 0. The summed E-state index contributed by atoms with van der Waals surface area (Å²) < 4.78 is 4.99. The molecule has 3 aromatic heterocycles. The van der Waals surface area contributed by atoms with Crippen LogP contribution in [0.25, 0.3) is 21.3 Å². The van der Waals surface area contributed by atoms with Gasteiger partial charge in [0.2, 0.25) is 5.91 Å². The molecule has 11 heteroatoms. The van der Waals surface area contributed by atoms with Crippen LogP contribution in [0, 0.1) is 6.92 Å². The third kappa shape index (κ3) is 5.21. The highest BCUT2D eigenvalue weighted by Crippen LogP contribution is 2.31. The molecule has 0 bridgehead atoms. The van der Waals surface area contributed by atoms with Gasteiger partial charge in [0.15, 0.2) is 16.0 Å².